The molecule has 0 atom stereocenters. The van der Waals surface area contributed by atoms with E-state index in [9.17, 15) is 0 Å². The summed E-state index contributed by atoms with van der Waals surface area (Å²) >= 11 is 0. The van der Waals surface area contributed by atoms with E-state index in [0.717, 1.165) is 43.2 Å². The van der Waals surface area contributed by atoms with Crippen LogP contribution in [0.5, 0.6) is 5.75 Å². The van der Waals surface area contributed by atoms with E-state index >= 15 is 0 Å². The van der Waals surface area contributed by atoms with Crippen molar-refractivity contribution in [3.8, 4) is 5.75 Å². The molecule has 1 heterocycles. The highest BCUT2D eigenvalue weighted by atomic mass is 16.5. The van der Waals surface area contributed by atoms with E-state index in [4.69, 9.17) is 10.5 Å². The third kappa shape index (κ3) is 4.83. The summed E-state index contributed by atoms with van der Waals surface area (Å²) < 4.78 is 5.12. The van der Waals surface area contributed by atoms with Gasteiger partial charge in [-0.3, -0.25) is 0 Å². The lowest BCUT2D eigenvalue weighted by molar-refractivity contribution is 0.325. The van der Waals surface area contributed by atoms with Crippen LogP contribution in [0.1, 0.15) is 19.4 Å². The van der Waals surface area contributed by atoms with Crippen molar-refractivity contribution in [1.29, 1.82) is 0 Å². The average molecular weight is 263 g/mol. The highest BCUT2D eigenvalue weighted by Gasteiger charge is 2.06. The zero-order valence-corrected chi connectivity index (χ0v) is 12.1. The minimum atomic E-state index is 0.801. The van der Waals surface area contributed by atoms with E-state index in [1.807, 2.05) is 44.3 Å². The Morgan fingerprint density at radius 3 is 2.32 bits per heavy atom. The first-order valence-corrected chi connectivity index (χ1v) is 6.86. The minimum absolute atomic E-state index is 0.801. The van der Waals surface area contributed by atoms with Crippen LogP contribution in [0.3, 0.4) is 0 Å². The molecule has 0 bridgehead atoms. The summed E-state index contributed by atoms with van der Waals surface area (Å²) in [6.07, 6.45) is 2.03. The molecule has 0 spiro atoms. The van der Waals surface area contributed by atoms with Crippen LogP contribution >= 0.6 is 0 Å². The van der Waals surface area contributed by atoms with Gasteiger partial charge in [0.2, 0.25) is 0 Å². The van der Waals surface area contributed by atoms with Crippen LogP contribution < -0.4 is 15.8 Å². The predicted molar refractivity (Wildman–Crippen MR) is 80.9 cm³/mol. The molecule has 0 saturated carbocycles. The van der Waals surface area contributed by atoms with Gasteiger partial charge in [0, 0.05) is 32.4 Å². The van der Waals surface area contributed by atoms with E-state index in [1.165, 1.54) is 0 Å². The monoisotopic (exact) mass is 263 g/mol. The molecule has 2 rings (SSSR count). The molecule has 0 amide bonds. The number of nitrogens with zero attached hydrogens (tertiary/aromatic N) is 1. The Labute approximate surface area is 116 Å². The van der Waals surface area contributed by atoms with E-state index in [0.29, 0.717) is 0 Å². The fraction of sp³-hybridized carbons (Fsp3) is 0.467. The second kappa shape index (κ2) is 8.43. The Hall–Kier alpha value is -1.68. The van der Waals surface area contributed by atoms with Crippen molar-refractivity contribution >= 4 is 5.70 Å². The summed E-state index contributed by atoms with van der Waals surface area (Å²) in [4.78, 5) is 2.25. The normalized spacial score (nSPS) is 15.5. The van der Waals surface area contributed by atoms with E-state index in [-0.39, 0.29) is 0 Å². The molecule has 4 heteroatoms. The average Bonchev–Trinajstić information content (AvgIpc) is 2.50. The summed E-state index contributed by atoms with van der Waals surface area (Å²) in [6, 6.07) is 7.81. The van der Waals surface area contributed by atoms with Crippen LogP contribution in [0.2, 0.25) is 0 Å². The lowest BCUT2D eigenvalue weighted by Crippen LogP contribution is -2.40. The van der Waals surface area contributed by atoms with Gasteiger partial charge >= 0.3 is 0 Å². The molecule has 3 N–H and O–H groups in total. The number of methoxy groups -OCH3 is 1. The lowest BCUT2D eigenvalue weighted by atomic mass is 10.1. The van der Waals surface area contributed by atoms with Crippen molar-refractivity contribution < 1.29 is 4.74 Å². The number of hydrogen-bond acceptors (Lipinski definition) is 4. The van der Waals surface area contributed by atoms with Crippen molar-refractivity contribution in [3.05, 3.63) is 36.0 Å². The Kier molecular flexibility index (Phi) is 6.82. The first-order valence-electron chi connectivity index (χ1n) is 6.86. The van der Waals surface area contributed by atoms with Gasteiger partial charge in [0.05, 0.1) is 12.8 Å². The molecule has 1 aromatic carbocycles. The maximum absolute atomic E-state index is 6.08. The van der Waals surface area contributed by atoms with Gasteiger partial charge in [0.1, 0.15) is 5.75 Å². The number of nitrogens with two attached hydrogens (primary N) is 1. The Morgan fingerprint density at radius 2 is 1.79 bits per heavy atom. The number of hydrogen-bond donors (Lipinski definition) is 2. The van der Waals surface area contributed by atoms with Gasteiger partial charge in [0.15, 0.2) is 0 Å². The Balaban J connectivity index is 0.000000861. The van der Waals surface area contributed by atoms with Crippen LogP contribution in [-0.4, -0.2) is 38.2 Å². The topological polar surface area (TPSA) is 50.5 Å². The fourth-order valence-corrected chi connectivity index (χ4v) is 1.87. The predicted octanol–water partition coefficient (Wildman–Crippen LogP) is 1.88. The van der Waals surface area contributed by atoms with Gasteiger partial charge < -0.3 is 20.7 Å². The molecule has 1 aliphatic rings. The lowest BCUT2D eigenvalue weighted by Gasteiger charge is -2.26. The molecular formula is C15H25N3O. The fourth-order valence-electron chi connectivity index (χ4n) is 1.87. The van der Waals surface area contributed by atoms with Crippen LogP contribution in [0.15, 0.2) is 30.5 Å². The molecule has 0 aromatic heterocycles. The van der Waals surface area contributed by atoms with Gasteiger partial charge in [-0.25, -0.2) is 0 Å². The summed E-state index contributed by atoms with van der Waals surface area (Å²) in [5.41, 5.74) is 7.91. The number of ether oxygens (including phenoxy) is 1. The molecule has 4 nitrogen and oxygen atoms in total. The molecule has 0 aliphatic carbocycles. The van der Waals surface area contributed by atoms with Crippen LogP contribution in [0.25, 0.3) is 5.70 Å². The summed E-state index contributed by atoms with van der Waals surface area (Å²) in [5.74, 6) is 0.851. The van der Waals surface area contributed by atoms with E-state index in [1.54, 1.807) is 7.11 Å². The molecule has 1 aliphatic heterocycles. The number of piperazine rings is 1. The van der Waals surface area contributed by atoms with Crippen molar-refractivity contribution in [1.82, 2.24) is 10.2 Å². The summed E-state index contributed by atoms with van der Waals surface area (Å²) in [7, 11) is 1.66. The quantitative estimate of drug-likeness (QED) is 0.874. The third-order valence-electron chi connectivity index (χ3n) is 2.90. The molecule has 19 heavy (non-hydrogen) atoms. The zero-order chi connectivity index (χ0) is 14.1. The largest absolute Gasteiger partial charge is 0.497 e. The summed E-state index contributed by atoms with van der Waals surface area (Å²) in [5, 5.41) is 3.31. The van der Waals surface area contributed by atoms with Crippen LogP contribution in [0.4, 0.5) is 0 Å². The number of nitrogens with one attached hydrogen (secondary N) is 1. The molecular weight excluding hydrogens is 238 g/mol. The molecule has 1 saturated heterocycles. The highest BCUT2D eigenvalue weighted by molar-refractivity contribution is 5.62. The smallest absolute Gasteiger partial charge is 0.118 e. The Morgan fingerprint density at radius 1 is 1.21 bits per heavy atom. The third-order valence-corrected chi connectivity index (χ3v) is 2.90. The Bertz CT molecular complexity index is 381. The van der Waals surface area contributed by atoms with Crippen molar-refractivity contribution in [2.45, 2.75) is 13.8 Å². The number of benzene rings is 1. The van der Waals surface area contributed by atoms with Gasteiger partial charge in [-0.15, -0.1) is 0 Å². The van der Waals surface area contributed by atoms with Crippen LogP contribution in [0, 0.1) is 0 Å². The van der Waals surface area contributed by atoms with Gasteiger partial charge in [-0.1, -0.05) is 13.8 Å². The molecule has 1 aromatic rings. The maximum atomic E-state index is 6.08. The van der Waals surface area contributed by atoms with Gasteiger partial charge in [-0.05, 0) is 29.8 Å². The second-order valence-corrected chi connectivity index (χ2v) is 4.10. The van der Waals surface area contributed by atoms with Crippen LogP contribution in [-0.2, 0) is 0 Å². The van der Waals surface area contributed by atoms with E-state index < -0.39 is 0 Å². The van der Waals surface area contributed by atoms with Gasteiger partial charge in [0.25, 0.3) is 0 Å². The van der Waals surface area contributed by atoms with Crippen molar-refractivity contribution in [2.75, 3.05) is 33.3 Å². The van der Waals surface area contributed by atoms with Crippen molar-refractivity contribution in [2.24, 2.45) is 5.73 Å². The zero-order valence-electron chi connectivity index (χ0n) is 12.1. The van der Waals surface area contributed by atoms with E-state index in [2.05, 4.69) is 10.2 Å². The second-order valence-electron chi connectivity index (χ2n) is 4.10. The molecule has 106 valence electrons. The summed E-state index contributed by atoms with van der Waals surface area (Å²) in [6.45, 7) is 8.06. The highest BCUT2D eigenvalue weighted by Crippen LogP contribution is 2.15. The number of rotatable bonds is 3. The first-order chi connectivity index (χ1) is 9.29. The molecule has 1 fully saturated rings. The minimum Gasteiger partial charge on any atom is -0.497 e. The molecule has 0 unspecified atom stereocenters. The standard InChI is InChI=1S/C13H19N3O.C2H6/c1-17-12-4-2-11(3-5-12)13(14)10-16-8-6-15-7-9-16;1-2/h2-5,10,15H,6-9,14H2,1H3;1-2H3/b13-10-;. The van der Waals surface area contributed by atoms with Gasteiger partial charge in [-0.2, -0.15) is 0 Å². The van der Waals surface area contributed by atoms with Crippen molar-refractivity contribution in [3.63, 3.8) is 0 Å². The first kappa shape index (κ1) is 15.4. The molecule has 0 radical (unpaired) electrons. The maximum Gasteiger partial charge on any atom is 0.118 e. The SMILES string of the molecule is CC.COc1ccc(/C(N)=C/N2CCNCC2)cc1.